The first-order valence-corrected chi connectivity index (χ1v) is 3.90. The molecule has 0 fully saturated rings. The molecule has 1 atom stereocenters. The molecule has 0 saturated heterocycles. The van der Waals surface area contributed by atoms with Gasteiger partial charge in [-0.2, -0.15) is 0 Å². The zero-order valence-electron chi connectivity index (χ0n) is 7.15. The van der Waals surface area contributed by atoms with Crippen molar-refractivity contribution in [2.24, 2.45) is 5.92 Å². The summed E-state index contributed by atoms with van der Waals surface area (Å²) in [4.78, 5) is 9.87. The Balaban J connectivity index is 2.61. The molecule has 1 N–H and O–H groups in total. The molecule has 1 unspecified atom stereocenters. The van der Waals surface area contributed by atoms with Crippen LogP contribution in [0, 0.1) is 16.0 Å². The SMILES string of the molecule is CC(C)C1C=CC([N+](=O)[O-])=CN1. The lowest BCUT2D eigenvalue weighted by Crippen LogP contribution is -2.30. The zero-order valence-corrected chi connectivity index (χ0v) is 7.15. The lowest BCUT2D eigenvalue weighted by molar-refractivity contribution is -0.419. The standard InChI is InChI=1S/C8H12N2O2/c1-6(2)8-4-3-7(5-9-8)10(11)12/h3-6,8-9H,1-2H3. The van der Waals surface area contributed by atoms with Gasteiger partial charge < -0.3 is 5.32 Å². The van der Waals surface area contributed by atoms with Gasteiger partial charge in [0.2, 0.25) is 0 Å². The molecule has 0 amide bonds. The lowest BCUT2D eigenvalue weighted by Gasteiger charge is -2.19. The van der Waals surface area contributed by atoms with Crippen molar-refractivity contribution in [2.45, 2.75) is 19.9 Å². The predicted octanol–water partition coefficient (Wildman–Crippen LogP) is 1.29. The summed E-state index contributed by atoms with van der Waals surface area (Å²) in [5.41, 5.74) is 0.118. The quantitative estimate of drug-likeness (QED) is 0.499. The van der Waals surface area contributed by atoms with E-state index in [9.17, 15) is 10.1 Å². The smallest absolute Gasteiger partial charge is 0.284 e. The molecule has 0 bridgehead atoms. The topological polar surface area (TPSA) is 55.2 Å². The van der Waals surface area contributed by atoms with Gasteiger partial charge in [-0.3, -0.25) is 10.1 Å². The van der Waals surface area contributed by atoms with E-state index >= 15 is 0 Å². The Bertz CT molecular complexity index is 243. The van der Waals surface area contributed by atoms with Crippen LogP contribution in [0.1, 0.15) is 13.8 Å². The van der Waals surface area contributed by atoms with E-state index in [1.165, 1.54) is 6.20 Å². The van der Waals surface area contributed by atoms with Crippen molar-refractivity contribution in [3.63, 3.8) is 0 Å². The highest BCUT2D eigenvalue weighted by atomic mass is 16.6. The Morgan fingerprint density at radius 1 is 1.67 bits per heavy atom. The van der Waals surface area contributed by atoms with Crippen molar-refractivity contribution in [1.29, 1.82) is 0 Å². The molecule has 0 aliphatic carbocycles. The molecule has 0 radical (unpaired) electrons. The molecule has 0 aromatic rings. The second-order valence-corrected chi connectivity index (χ2v) is 3.12. The van der Waals surface area contributed by atoms with Gasteiger partial charge in [0.25, 0.3) is 5.70 Å². The minimum Gasteiger partial charge on any atom is -0.379 e. The van der Waals surface area contributed by atoms with E-state index in [-0.39, 0.29) is 11.7 Å². The average molecular weight is 168 g/mol. The van der Waals surface area contributed by atoms with Gasteiger partial charge in [-0.15, -0.1) is 0 Å². The van der Waals surface area contributed by atoms with Crippen molar-refractivity contribution in [3.8, 4) is 0 Å². The third-order valence-corrected chi connectivity index (χ3v) is 1.83. The van der Waals surface area contributed by atoms with Gasteiger partial charge in [0.15, 0.2) is 0 Å². The van der Waals surface area contributed by atoms with Crippen LogP contribution < -0.4 is 5.32 Å². The largest absolute Gasteiger partial charge is 0.379 e. The van der Waals surface area contributed by atoms with Crippen LogP contribution in [-0.2, 0) is 0 Å². The van der Waals surface area contributed by atoms with Crippen LogP contribution in [0.5, 0.6) is 0 Å². The highest BCUT2D eigenvalue weighted by Crippen LogP contribution is 2.10. The van der Waals surface area contributed by atoms with E-state index in [0.29, 0.717) is 5.92 Å². The first-order chi connectivity index (χ1) is 5.61. The van der Waals surface area contributed by atoms with E-state index in [4.69, 9.17) is 0 Å². The van der Waals surface area contributed by atoms with Crippen LogP contribution in [0.15, 0.2) is 24.0 Å². The van der Waals surface area contributed by atoms with Gasteiger partial charge in [0, 0.05) is 12.1 Å². The van der Waals surface area contributed by atoms with Crippen LogP contribution in [-0.4, -0.2) is 11.0 Å². The van der Waals surface area contributed by atoms with Crippen molar-refractivity contribution < 1.29 is 4.92 Å². The monoisotopic (exact) mass is 168 g/mol. The van der Waals surface area contributed by atoms with E-state index < -0.39 is 4.92 Å². The normalized spacial score (nSPS) is 21.9. The molecule has 0 aromatic carbocycles. The predicted molar refractivity (Wildman–Crippen MR) is 46.0 cm³/mol. The third kappa shape index (κ3) is 1.84. The maximum absolute atomic E-state index is 10.3. The van der Waals surface area contributed by atoms with Gasteiger partial charge in [-0.05, 0) is 5.92 Å². The number of hydrogen-bond donors (Lipinski definition) is 1. The van der Waals surface area contributed by atoms with Crippen molar-refractivity contribution in [3.05, 3.63) is 34.2 Å². The molecule has 4 nitrogen and oxygen atoms in total. The van der Waals surface area contributed by atoms with Crippen molar-refractivity contribution in [2.75, 3.05) is 0 Å². The molecule has 4 heteroatoms. The van der Waals surface area contributed by atoms with Gasteiger partial charge >= 0.3 is 0 Å². The van der Waals surface area contributed by atoms with Crippen LogP contribution >= 0.6 is 0 Å². The Labute approximate surface area is 71.1 Å². The second-order valence-electron chi connectivity index (χ2n) is 3.12. The highest BCUT2D eigenvalue weighted by Gasteiger charge is 2.16. The zero-order chi connectivity index (χ0) is 9.14. The molecule has 1 aliphatic heterocycles. The average Bonchev–Trinajstić information content (AvgIpc) is 2.04. The number of allylic oxidation sites excluding steroid dienone is 1. The summed E-state index contributed by atoms with van der Waals surface area (Å²) in [5.74, 6) is 0.450. The Kier molecular flexibility index (Phi) is 2.47. The minimum absolute atomic E-state index is 0.118. The molecule has 1 aliphatic rings. The number of hydrogen-bond acceptors (Lipinski definition) is 3. The Hall–Kier alpha value is -1.32. The maximum atomic E-state index is 10.3. The molecular formula is C8H12N2O2. The molecule has 12 heavy (non-hydrogen) atoms. The van der Waals surface area contributed by atoms with Crippen LogP contribution in [0.3, 0.4) is 0 Å². The summed E-state index contributed by atoms with van der Waals surface area (Å²) in [6.45, 7) is 4.12. The van der Waals surface area contributed by atoms with Crippen LogP contribution in [0.4, 0.5) is 0 Å². The maximum Gasteiger partial charge on any atom is 0.284 e. The third-order valence-electron chi connectivity index (χ3n) is 1.83. The van der Waals surface area contributed by atoms with Gasteiger partial charge in [-0.25, -0.2) is 0 Å². The van der Waals surface area contributed by atoms with E-state index in [1.807, 2.05) is 6.08 Å². The van der Waals surface area contributed by atoms with E-state index in [0.717, 1.165) is 0 Å². The first-order valence-electron chi connectivity index (χ1n) is 3.90. The fraction of sp³-hybridized carbons (Fsp3) is 0.500. The summed E-state index contributed by atoms with van der Waals surface area (Å²) < 4.78 is 0. The van der Waals surface area contributed by atoms with Crippen LogP contribution in [0.25, 0.3) is 0 Å². The first kappa shape index (κ1) is 8.77. The molecule has 66 valence electrons. The molecule has 1 rings (SSSR count). The second kappa shape index (κ2) is 3.38. The fourth-order valence-electron chi connectivity index (χ4n) is 1.02. The summed E-state index contributed by atoms with van der Waals surface area (Å²) in [6.07, 6.45) is 4.81. The number of nitro groups is 1. The Morgan fingerprint density at radius 2 is 2.33 bits per heavy atom. The molecular weight excluding hydrogens is 156 g/mol. The summed E-state index contributed by atoms with van der Waals surface area (Å²) in [5, 5.41) is 13.2. The van der Waals surface area contributed by atoms with Crippen molar-refractivity contribution >= 4 is 0 Å². The van der Waals surface area contributed by atoms with E-state index in [1.54, 1.807) is 6.08 Å². The lowest BCUT2D eigenvalue weighted by atomic mass is 10.0. The summed E-state index contributed by atoms with van der Waals surface area (Å²) >= 11 is 0. The number of dihydropyridines is 1. The minimum atomic E-state index is -0.403. The number of nitrogens with one attached hydrogen (secondary N) is 1. The summed E-state index contributed by atoms with van der Waals surface area (Å²) in [6, 6.07) is 0.216. The molecule has 0 saturated carbocycles. The number of rotatable bonds is 2. The fourth-order valence-corrected chi connectivity index (χ4v) is 1.02. The van der Waals surface area contributed by atoms with Crippen molar-refractivity contribution in [1.82, 2.24) is 5.32 Å². The summed E-state index contributed by atoms with van der Waals surface area (Å²) in [7, 11) is 0. The van der Waals surface area contributed by atoms with Gasteiger partial charge in [-0.1, -0.05) is 19.9 Å². The molecule has 1 heterocycles. The van der Waals surface area contributed by atoms with Gasteiger partial charge in [0.05, 0.1) is 11.1 Å². The number of nitrogens with zero attached hydrogens (tertiary/aromatic N) is 1. The van der Waals surface area contributed by atoms with Crippen LogP contribution in [0.2, 0.25) is 0 Å². The molecule has 0 aromatic heterocycles. The van der Waals surface area contributed by atoms with E-state index in [2.05, 4.69) is 19.2 Å². The molecule has 0 spiro atoms. The highest BCUT2D eigenvalue weighted by molar-refractivity contribution is 5.18. The Morgan fingerprint density at radius 3 is 2.67 bits per heavy atom. The van der Waals surface area contributed by atoms with Gasteiger partial charge in [0.1, 0.15) is 0 Å².